The van der Waals surface area contributed by atoms with Crippen LogP contribution >= 0.6 is 0 Å². The zero-order chi connectivity index (χ0) is 19.6. The highest BCUT2D eigenvalue weighted by Crippen LogP contribution is 2.28. The van der Waals surface area contributed by atoms with Crippen molar-refractivity contribution in [2.75, 3.05) is 6.54 Å². The van der Waals surface area contributed by atoms with Crippen molar-refractivity contribution < 1.29 is 14.7 Å². The van der Waals surface area contributed by atoms with Gasteiger partial charge < -0.3 is 10.0 Å². The summed E-state index contributed by atoms with van der Waals surface area (Å²) in [6.07, 6.45) is 10.1. The van der Waals surface area contributed by atoms with E-state index in [2.05, 4.69) is 6.92 Å². The molecule has 1 atom stereocenters. The van der Waals surface area contributed by atoms with Gasteiger partial charge in [0.15, 0.2) is 5.78 Å². The molecule has 0 aliphatic carbocycles. The summed E-state index contributed by atoms with van der Waals surface area (Å²) in [5.41, 5.74) is 1.02. The minimum absolute atomic E-state index is 0.0319. The van der Waals surface area contributed by atoms with Gasteiger partial charge in [-0.15, -0.1) is 0 Å². The molecule has 1 heterocycles. The van der Waals surface area contributed by atoms with E-state index >= 15 is 0 Å². The van der Waals surface area contributed by atoms with Crippen molar-refractivity contribution in [1.29, 1.82) is 0 Å². The van der Waals surface area contributed by atoms with Crippen molar-refractivity contribution in [3.8, 4) is 0 Å². The van der Waals surface area contributed by atoms with E-state index in [0.29, 0.717) is 13.0 Å². The summed E-state index contributed by atoms with van der Waals surface area (Å²) in [7, 11) is 0. The van der Waals surface area contributed by atoms with E-state index in [9.17, 15) is 14.7 Å². The lowest BCUT2D eigenvalue weighted by atomic mass is 10.0. The number of carbonyl (C=O) groups is 2. The lowest BCUT2D eigenvalue weighted by Crippen LogP contribution is -2.38. The predicted octanol–water partition coefficient (Wildman–Crippen LogP) is 4.98. The Labute approximate surface area is 163 Å². The molecule has 0 bridgehead atoms. The maximum atomic E-state index is 12.7. The van der Waals surface area contributed by atoms with Gasteiger partial charge in [-0.25, -0.2) is 0 Å². The molecule has 0 radical (unpaired) electrons. The van der Waals surface area contributed by atoms with E-state index < -0.39 is 6.04 Å². The summed E-state index contributed by atoms with van der Waals surface area (Å²) in [5, 5.41) is 10.5. The van der Waals surface area contributed by atoms with Gasteiger partial charge in [0.1, 0.15) is 11.3 Å². The molecule has 1 amide bonds. The van der Waals surface area contributed by atoms with E-state index in [4.69, 9.17) is 0 Å². The quantitative estimate of drug-likeness (QED) is 0.416. The molecule has 4 nitrogen and oxygen atoms in total. The van der Waals surface area contributed by atoms with E-state index in [-0.39, 0.29) is 23.0 Å². The van der Waals surface area contributed by atoms with Crippen LogP contribution in [-0.4, -0.2) is 34.3 Å². The van der Waals surface area contributed by atoms with Crippen molar-refractivity contribution >= 4 is 11.7 Å². The average Bonchev–Trinajstić information content (AvgIpc) is 2.88. The molecule has 1 aliphatic heterocycles. The second-order valence-electron chi connectivity index (χ2n) is 7.50. The third kappa shape index (κ3) is 5.95. The van der Waals surface area contributed by atoms with Crippen LogP contribution < -0.4 is 0 Å². The molecule has 0 unspecified atom stereocenters. The zero-order valence-electron chi connectivity index (χ0n) is 16.7. The maximum absolute atomic E-state index is 12.7. The normalized spacial score (nSPS) is 17.0. The summed E-state index contributed by atoms with van der Waals surface area (Å²) in [5.74, 6) is -0.728. The van der Waals surface area contributed by atoms with Crippen molar-refractivity contribution in [3.63, 3.8) is 0 Å². The fourth-order valence-electron chi connectivity index (χ4n) is 3.76. The first kappa shape index (κ1) is 21.2. The van der Waals surface area contributed by atoms with Crippen LogP contribution in [0, 0.1) is 0 Å². The number of rotatable bonds is 12. The minimum atomic E-state index is -0.427. The Morgan fingerprint density at radius 1 is 1.00 bits per heavy atom. The van der Waals surface area contributed by atoms with Gasteiger partial charge in [-0.1, -0.05) is 82.2 Å². The number of nitrogens with zero attached hydrogens (tertiary/aromatic N) is 1. The topological polar surface area (TPSA) is 57.6 Å². The van der Waals surface area contributed by atoms with E-state index in [1.807, 2.05) is 30.3 Å². The number of amides is 1. The Hall–Kier alpha value is -2.10. The van der Waals surface area contributed by atoms with Crippen LogP contribution in [0.5, 0.6) is 0 Å². The smallest absolute Gasteiger partial charge is 0.261 e. The van der Waals surface area contributed by atoms with Gasteiger partial charge in [-0.3, -0.25) is 9.59 Å². The van der Waals surface area contributed by atoms with Gasteiger partial charge in [0.05, 0.1) is 6.04 Å². The summed E-state index contributed by atoms with van der Waals surface area (Å²) < 4.78 is 0. The number of ketones is 1. The summed E-state index contributed by atoms with van der Waals surface area (Å²) in [6, 6.07) is 9.38. The van der Waals surface area contributed by atoms with Crippen molar-refractivity contribution in [1.82, 2.24) is 4.90 Å². The number of carbonyl (C=O) groups excluding carboxylic acids is 2. The van der Waals surface area contributed by atoms with Gasteiger partial charge >= 0.3 is 0 Å². The molecule has 0 saturated heterocycles. The summed E-state index contributed by atoms with van der Waals surface area (Å²) >= 11 is 0. The Kier molecular flexibility index (Phi) is 8.56. The van der Waals surface area contributed by atoms with Gasteiger partial charge in [-0.2, -0.15) is 0 Å². The third-order valence-corrected chi connectivity index (χ3v) is 5.30. The second-order valence-corrected chi connectivity index (χ2v) is 7.50. The number of hydrogen-bond donors (Lipinski definition) is 1. The molecular weight excluding hydrogens is 338 g/mol. The highest BCUT2D eigenvalue weighted by molar-refractivity contribution is 6.20. The number of aliphatic hydroxyl groups excluding tert-OH is 1. The second kappa shape index (κ2) is 10.9. The van der Waals surface area contributed by atoms with Crippen LogP contribution in [-0.2, 0) is 16.0 Å². The number of Topliss-reactive ketones (excluding diaryl/α,β-unsaturated/α-hetero) is 1. The average molecular weight is 372 g/mol. The van der Waals surface area contributed by atoms with Gasteiger partial charge in [0, 0.05) is 13.0 Å². The first-order valence-electron chi connectivity index (χ1n) is 10.3. The summed E-state index contributed by atoms with van der Waals surface area (Å²) in [4.78, 5) is 26.2. The van der Waals surface area contributed by atoms with Gasteiger partial charge in [0.2, 0.25) is 0 Å². The van der Waals surface area contributed by atoms with Crippen molar-refractivity contribution in [3.05, 3.63) is 47.2 Å². The van der Waals surface area contributed by atoms with Crippen LogP contribution in [0.4, 0.5) is 0 Å². The van der Waals surface area contributed by atoms with Crippen LogP contribution in [0.1, 0.15) is 70.8 Å². The molecule has 0 saturated carbocycles. The number of benzene rings is 1. The Bertz CT molecular complexity index is 651. The number of hydrogen-bond acceptors (Lipinski definition) is 3. The van der Waals surface area contributed by atoms with Crippen molar-refractivity contribution in [2.24, 2.45) is 0 Å². The molecule has 4 heteroatoms. The zero-order valence-corrected chi connectivity index (χ0v) is 16.7. The van der Waals surface area contributed by atoms with Crippen LogP contribution in [0.25, 0.3) is 0 Å². The van der Waals surface area contributed by atoms with E-state index in [1.165, 1.54) is 45.4 Å². The van der Waals surface area contributed by atoms with Crippen LogP contribution in [0.15, 0.2) is 41.7 Å². The highest BCUT2D eigenvalue weighted by atomic mass is 16.3. The maximum Gasteiger partial charge on any atom is 0.261 e. The third-order valence-electron chi connectivity index (χ3n) is 5.30. The highest BCUT2D eigenvalue weighted by Gasteiger charge is 2.40. The lowest BCUT2D eigenvalue weighted by molar-refractivity contribution is -0.129. The Balaban J connectivity index is 1.92. The van der Waals surface area contributed by atoms with E-state index in [0.717, 1.165) is 18.4 Å². The Morgan fingerprint density at radius 2 is 1.59 bits per heavy atom. The van der Waals surface area contributed by atoms with Crippen molar-refractivity contribution in [2.45, 2.75) is 77.7 Å². The SMILES string of the molecule is CCCCCCCCCCN1C(=O)C(C(C)=O)=C(O)[C@@H]1Cc1ccccc1. The van der Waals surface area contributed by atoms with Gasteiger partial charge in [-0.05, 0) is 18.9 Å². The minimum Gasteiger partial charge on any atom is -0.509 e. The molecule has 1 aliphatic rings. The largest absolute Gasteiger partial charge is 0.509 e. The fourth-order valence-corrected chi connectivity index (χ4v) is 3.76. The molecule has 1 aromatic carbocycles. The molecule has 0 aromatic heterocycles. The van der Waals surface area contributed by atoms with Crippen LogP contribution in [0.3, 0.4) is 0 Å². The molecule has 2 rings (SSSR count). The number of unbranched alkanes of at least 4 members (excludes halogenated alkanes) is 7. The lowest BCUT2D eigenvalue weighted by Gasteiger charge is -2.25. The molecule has 0 fully saturated rings. The van der Waals surface area contributed by atoms with E-state index in [1.54, 1.807) is 4.90 Å². The molecule has 148 valence electrons. The monoisotopic (exact) mass is 371 g/mol. The fraction of sp³-hybridized carbons (Fsp3) is 0.565. The summed E-state index contributed by atoms with van der Waals surface area (Å²) in [6.45, 7) is 4.16. The predicted molar refractivity (Wildman–Crippen MR) is 109 cm³/mol. The van der Waals surface area contributed by atoms with Crippen LogP contribution in [0.2, 0.25) is 0 Å². The Morgan fingerprint density at radius 3 is 2.19 bits per heavy atom. The standard InChI is InChI=1S/C23H33NO3/c1-3-4-5-6-7-8-9-13-16-24-20(17-19-14-11-10-12-15-19)22(26)21(18(2)25)23(24)27/h10-12,14-15,20,26H,3-9,13,16-17H2,1-2H3/t20-/m0/s1. The first-order valence-corrected chi connectivity index (χ1v) is 10.3. The van der Waals surface area contributed by atoms with Gasteiger partial charge in [0.25, 0.3) is 5.91 Å². The molecule has 1 aromatic rings. The molecular formula is C23H33NO3. The first-order chi connectivity index (χ1) is 13.1. The molecule has 27 heavy (non-hydrogen) atoms. The molecule has 1 N–H and O–H groups in total. The molecule has 0 spiro atoms. The number of aliphatic hydroxyl groups is 1.